The lowest BCUT2D eigenvalue weighted by molar-refractivity contribution is -0.119. The number of hydrogen-bond donors (Lipinski definition) is 2. The van der Waals surface area contributed by atoms with Crippen molar-refractivity contribution >= 4 is 5.91 Å². The summed E-state index contributed by atoms with van der Waals surface area (Å²) in [5, 5.41) is 9.38. The number of allylic oxidation sites excluding steroid dienone is 2. The van der Waals surface area contributed by atoms with E-state index in [2.05, 4.69) is 19.1 Å². The average Bonchev–Trinajstić information content (AvgIpc) is 2.71. The molecular weight excluding hydrogens is 358 g/mol. The normalized spacial score (nSPS) is 12.4. The van der Waals surface area contributed by atoms with Gasteiger partial charge in [0.1, 0.15) is 5.75 Å². The fraction of sp³-hybridized carbons (Fsp3) is 0.654. The van der Waals surface area contributed by atoms with Crippen LogP contribution in [0.5, 0.6) is 5.75 Å². The Morgan fingerprint density at radius 1 is 0.828 bits per heavy atom. The Hall–Kier alpha value is -1.77. The van der Waals surface area contributed by atoms with E-state index in [0.717, 1.165) is 24.8 Å². The van der Waals surface area contributed by atoms with Crippen LogP contribution in [0.15, 0.2) is 36.4 Å². The van der Waals surface area contributed by atoms with Crippen molar-refractivity contribution in [2.24, 2.45) is 5.73 Å². The van der Waals surface area contributed by atoms with Gasteiger partial charge >= 0.3 is 0 Å². The molecule has 0 bridgehead atoms. The standard InChI is InChI=1S/C26H43NO2/c1-2-3-4-5-6-7-8-9-10-11-12-13-14-15-16-17-18-25(26(27)29)23-19-21-24(28)22-20-23/h9-10,19-22,25,28H,2-8,11-18H2,1H3,(H2,27,29)/b10-9-. The molecule has 0 aliphatic heterocycles. The monoisotopic (exact) mass is 401 g/mol. The number of carbonyl (C=O) groups excluding carboxylic acids is 1. The second-order valence-electron chi connectivity index (χ2n) is 8.27. The van der Waals surface area contributed by atoms with E-state index >= 15 is 0 Å². The first-order valence-electron chi connectivity index (χ1n) is 11.9. The smallest absolute Gasteiger partial charge is 0.224 e. The third kappa shape index (κ3) is 13.1. The number of aromatic hydroxyl groups is 1. The molecule has 1 aromatic carbocycles. The first-order valence-corrected chi connectivity index (χ1v) is 11.9. The van der Waals surface area contributed by atoms with Crippen LogP contribution in [0.4, 0.5) is 0 Å². The highest BCUT2D eigenvalue weighted by Crippen LogP contribution is 2.24. The lowest BCUT2D eigenvalue weighted by Gasteiger charge is -2.13. The fourth-order valence-electron chi connectivity index (χ4n) is 3.78. The van der Waals surface area contributed by atoms with Crippen LogP contribution < -0.4 is 5.73 Å². The highest BCUT2D eigenvalue weighted by atomic mass is 16.3. The molecule has 0 saturated heterocycles. The average molecular weight is 402 g/mol. The van der Waals surface area contributed by atoms with Crippen molar-refractivity contribution in [2.75, 3.05) is 0 Å². The molecule has 0 spiro atoms. The number of benzene rings is 1. The van der Waals surface area contributed by atoms with Crippen molar-refractivity contribution < 1.29 is 9.90 Å². The maximum absolute atomic E-state index is 11.7. The van der Waals surface area contributed by atoms with Gasteiger partial charge in [-0.1, -0.05) is 95.4 Å². The predicted octanol–water partition coefficient (Wildman–Crippen LogP) is 7.39. The maximum atomic E-state index is 11.7. The summed E-state index contributed by atoms with van der Waals surface area (Å²) in [6.45, 7) is 2.27. The van der Waals surface area contributed by atoms with Gasteiger partial charge in [-0.3, -0.25) is 4.79 Å². The summed E-state index contributed by atoms with van der Waals surface area (Å²) in [5.41, 5.74) is 6.47. The van der Waals surface area contributed by atoms with E-state index in [4.69, 9.17) is 5.73 Å². The number of carbonyl (C=O) groups is 1. The molecule has 0 heterocycles. The Morgan fingerprint density at radius 3 is 1.83 bits per heavy atom. The van der Waals surface area contributed by atoms with E-state index in [9.17, 15) is 9.90 Å². The second kappa shape index (κ2) is 17.1. The molecule has 3 nitrogen and oxygen atoms in total. The molecule has 1 atom stereocenters. The van der Waals surface area contributed by atoms with Crippen LogP contribution in [0.3, 0.4) is 0 Å². The van der Waals surface area contributed by atoms with E-state index in [1.54, 1.807) is 24.3 Å². The largest absolute Gasteiger partial charge is 0.508 e. The number of phenols is 1. The van der Waals surface area contributed by atoms with Crippen LogP contribution in [0.25, 0.3) is 0 Å². The van der Waals surface area contributed by atoms with Crippen molar-refractivity contribution in [2.45, 2.75) is 109 Å². The number of nitrogens with two attached hydrogens (primary N) is 1. The number of amides is 1. The zero-order valence-corrected chi connectivity index (χ0v) is 18.6. The van der Waals surface area contributed by atoms with Crippen molar-refractivity contribution in [3.05, 3.63) is 42.0 Å². The fourth-order valence-corrected chi connectivity index (χ4v) is 3.78. The highest BCUT2D eigenvalue weighted by molar-refractivity contribution is 5.81. The molecule has 0 aromatic heterocycles. The third-order valence-electron chi connectivity index (χ3n) is 5.64. The van der Waals surface area contributed by atoms with E-state index in [1.807, 2.05) is 0 Å². The third-order valence-corrected chi connectivity index (χ3v) is 5.64. The number of unbranched alkanes of at least 4 members (excludes halogenated alkanes) is 12. The molecule has 0 aliphatic rings. The number of rotatable bonds is 18. The lowest BCUT2D eigenvalue weighted by Crippen LogP contribution is -2.21. The van der Waals surface area contributed by atoms with Crippen LogP contribution in [0, 0.1) is 0 Å². The Bertz CT molecular complexity index is 550. The summed E-state index contributed by atoms with van der Waals surface area (Å²) in [6, 6.07) is 6.83. The van der Waals surface area contributed by atoms with Crippen LogP contribution in [0.2, 0.25) is 0 Å². The Kier molecular flexibility index (Phi) is 14.9. The van der Waals surface area contributed by atoms with Crippen LogP contribution in [-0.4, -0.2) is 11.0 Å². The topological polar surface area (TPSA) is 63.3 Å². The van der Waals surface area contributed by atoms with Gasteiger partial charge in [0.05, 0.1) is 5.92 Å². The first kappa shape index (κ1) is 25.3. The van der Waals surface area contributed by atoms with Crippen molar-refractivity contribution in [3.8, 4) is 5.75 Å². The molecule has 1 aromatic rings. The minimum absolute atomic E-state index is 0.217. The van der Waals surface area contributed by atoms with Crippen molar-refractivity contribution in [3.63, 3.8) is 0 Å². The molecular formula is C26H43NO2. The quantitative estimate of drug-likeness (QED) is 0.199. The van der Waals surface area contributed by atoms with Gasteiger partial charge in [0.25, 0.3) is 0 Å². The first-order chi connectivity index (χ1) is 14.1. The Morgan fingerprint density at radius 2 is 1.31 bits per heavy atom. The Labute approximate surface area is 178 Å². The predicted molar refractivity (Wildman–Crippen MR) is 124 cm³/mol. The summed E-state index contributed by atoms with van der Waals surface area (Å²) in [5.74, 6) is -0.301. The summed E-state index contributed by atoms with van der Waals surface area (Å²) in [7, 11) is 0. The summed E-state index contributed by atoms with van der Waals surface area (Å²) in [6.07, 6.45) is 23.5. The number of phenolic OH excluding ortho intramolecular Hbond substituents is 1. The van der Waals surface area contributed by atoms with Gasteiger partial charge in [-0.25, -0.2) is 0 Å². The van der Waals surface area contributed by atoms with Crippen LogP contribution >= 0.6 is 0 Å². The molecule has 1 amide bonds. The van der Waals surface area contributed by atoms with Crippen molar-refractivity contribution in [1.82, 2.24) is 0 Å². The van der Waals surface area contributed by atoms with Crippen LogP contribution in [-0.2, 0) is 4.79 Å². The van der Waals surface area contributed by atoms with Gasteiger partial charge in [0.2, 0.25) is 5.91 Å². The minimum Gasteiger partial charge on any atom is -0.508 e. The molecule has 164 valence electrons. The molecule has 3 N–H and O–H groups in total. The summed E-state index contributed by atoms with van der Waals surface area (Å²) < 4.78 is 0. The van der Waals surface area contributed by atoms with Gasteiger partial charge in [-0.15, -0.1) is 0 Å². The number of primary amides is 1. The van der Waals surface area contributed by atoms with E-state index < -0.39 is 0 Å². The number of hydrogen-bond acceptors (Lipinski definition) is 2. The van der Waals surface area contributed by atoms with Gasteiger partial charge in [-0.05, 0) is 49.8 Å². The lowest BCUT2D eigenvalue weighted by atomic mass is 9.92. The van der Waals surface area contributed by atoms with Gasteiger partial charge < -0.3 is 10.8 Å². The van der Waals surface area contributed by atoms with Gasteiger partial charge in [0, 0.05) is 0 Å². The molecule has 0 fully saturated rings. The van der Waals surface area contributed by atoms with E-state index in [0.29, 0.717) is 0 Å². The van der Waals surface area contributed by atoms with E-state index in [1.165, 1.54) is 77.0 Å². The zero-order chi connectivity index (χ0) is 21.2. The van der Waals surface area contributed by atoms with Gasteiger partial charge in [0.15, 0.2) is 0 Å². The second-order valence-corrected chi connectivity index (χ2v) is 8.27. The molecule has 29 heavy (non-hydrogen) atoms. The minimum atomic E-state index is -0.275. The SMILES string of the molecule is CCCCCCCC/C=C\CCCCCCCCC(C(N)=O)c1ccc(O)cc1. The molecule has 3 heteroatoms. The molecule has 1 rings (SSSR count). The zero-order valence-electron chi connectivity index (χ0n) is 18.6. The summed E-state index contributed by atoms with van der Waals surface area (Å²) in [4.78, 5) is 11.7. The molecule has 0 aliphatic carbocycles. The van der Waals surface area contributed by atoms with Crippen LogP contribution in [0.1, 0.15) is 115 Å². The van der Waals surface area contributed by atoms with Crippen molar-refractivity contribution in [1.29, 1.82) is 0 Å². The molecule has 1 unspecified atom stereocenters. The molecule has 0 saturated carbocycles. The van der Waals surface area contributed by atoms with Gasteiger partial charge in [-0.2, -0.15) is 0 Å². The van der Waals surface area contributed by atoms with E-state index in [-0.39, 0.29) is 17.6 Å². The summed E-state index contributed by atoms with van der Waals surface area (Å²) >= 11 is 0. The Balaban J connectivity index is 1.97. The molecule has 0 radical (unpaired) electrons. The highest BCUT2D eigenvalue weighted by Gasteiger charge is 2.17. The maximum Gasteiger partial charge on any atom is 0.224 e.